The minimum absolute atomic E-state index is 0.218. The van der Waals surface area contributed by atoms with Gasteiger partial charge in [-0.05, 0) is 19.4 Å². The Bertz CT molecular complexity index is 698. The minimum atomic E-state index is 0.218. The molecule has 1 aliphatic heterocycles. The number of aliphatic imine (C=N–C) groups is 1. The first-order valence-electron chi connectivity index (χ1n) is 8.50. The second kappa shape index (κ2) is 8.15. The molecule has 0 spiro atoms. The number of aromatic nitrogens is 1. The summed E-state index contributed by atoms with van der Waals surface area (Å²) in [5.41, 5.74) is 1.19. The lowest BCUT2D eigenvalue weighted by molar-refractivity contribution is 0.261. The van der Waals surface area contributed by atoms with Gasteiger partial charge in [-0.3, -0.25) is 0 Å². The quantitative estimate of drug-likeness (QED) is 0.645. The van der Waals surface area contributed by atoms with Crippen LogP contribution in [-0.2, 0) is 13.0 Å². The fourth-order valence-electron chi connectivity index (χ4n) is 2.71. The van der Waals surface area contributed by atoms with Crippen LogP contribution < -0.4 is 15.4 Å². The number of aryl methyl sites for hydroxylation is 1. The molecular formula is C18H24N4OS. The summed E-state index contributed by atoms with van der Waals surface area (Å²) in [7, 11) is 0. The Hall–Kier alpha value is -2.08. The van der Waals surface area contributed by atoms with E-state index in [1.807, 2.05) is 24.4 Å². The van der Waals surface area contributed by atoms with E-state index >= 15 is 0 Å². The maximum atomic E-state index is 5.73. The number of hydrogen-bond acceptors (Lipinski definition) is 4. The summed E-state index contributed by atoms with van der Waals surface area (Å²) < 4.78 is 5.73. The minimum Gasteiger partial charge on any atom is -0.493 e. The van der Waals surface area contributed by atoms with Gasteiger partial charge in [0.15, 0.2) is 5.96 Å². The van der Waals surface area contributed by atoms with Crippen molar-refractivity contribution in [1.29, 1.82) is 0 Å². The van der Waals surface area contributed by atoms with Gasteiger partial charge < -0.3 is 15.4 Å². The van der Waals surface area contributed by atoms with Crippen molar-refractivity contribution in [2.45, 2.75) is 39.3 Å². The predicted molar refractivity (Wildman–Crippen MR) is 98.7 cm³/mol. The second-order valence-electron chi connectivity index (χ2n) is 5.64. The molecule has 2 N–H and O–H groups in total. The molecule has 1 aliphatic rings. The molecule has 5 nitrogen and oxygen atoms in total. The van der Waals surface area contributed by atoms with Crippen molar-refractivity contribution in [3.05, 3.63) is 45.9 Å². The van der Waals surface area contributed by atoms with Gasteiger partial charge in [-0.15, -0.1) is 11.3 Å². The molecule has 0 saturated carbocycles. The first-order chi connectivity index (χ1) is 11.8. The SMILES string of the molecule is CCNC(=NCc1ncc(CC)s1)NC1CCOc2ccccc21. The number of rotatable bonds is 5. The Morgan fingerprint density at radius 2 is 2.25 bits per heavy atom. The molecule has 0 bridgehead atoms. The van der Waals surface area contributed by atoms with Crippen LogP contribution in [0.4, 0.5) is 0 Å². The number of thiazole rings is 1. The van der Waals surface area contributed by atoms with E-state index in [1.165, 1.54) is 10.4 Å². The second-order valence-corrected chi connectivity index (χ2v) is 6.84. The molecule has 2 heterocycles. The fraction of sp³-hybridized carbons (Fsp3) is 0.444. The van der Waals surface area contributed by atoms with Crippen LogP contribution in [0.25, 0.3) is 0 Å². The highest BCUT2D eigenvalue weighted by atomic mass is 32.1. The number of benzene rings is 1. The van der Waals surface area contributed by atoms with E-state index in [0.29, 0.717) is 6.54 Å². The van der Waals surface area contributed by atoms with Crippen LogP contribution >= 0.6 is 11.3 Å². The van der Waals surface area contributed by atoms with Crippen molar-refractivity contribution in [2.75, 3.05) is 13.2 Å². The summed E-state index contributed by atoms with van der Waals surface area (Å²) >= 11 is 1.73. The van der Waals surface area contributed by atoms with Crippen molar-refractivity contribution < 1.29 is 4.74 Å². The van der Waals surface area contributed by atoms with E-state index in [4.69, 9.17) is 9.73 Å². The summed E-state index contributed by atoms with van der Waals surface area (Å²) in [6.07, 6.45) is 3.90. The zero-order chi connectivity index (χ0) is 16.8. The molecule has 24 heavy (non-hydrogen) atoms. The van der Waals surface area contributed by atoms with Crippen molar-refractivity contribution >= 4 is 17.3 Å². The third-order valence-electron chi connectivity index (χ3n) is 3.94. The lowest BCUT2D eigenvalue weighted by Crippen LogP contribution is -2.41. The Morgan fingerprint density at radius 3 is 3.04 bits per heavy atom. The van der Waals surface area contributed by atoms with Crippen LogP contribution in [0.15, 0.2) is 35.5 Å². The molecule has 1 unspecified atom stereocenters. The normalized spacial score (nSPS) is 17.1. The molecule has 0 fully saturated rings. The zero-order valence-electron chi connectivity index (χ0n) is 14.2. The van der Waals surface area contributed by atoms with Gasteiger partial charge in [0.1, 0.15) is 10.8 Å². The van der Waals surface area contributed by atoms with Gasteiger partial charge in [-0.1, -0.05) is 25.1 Å². The molecule has 1 aromatic carbocycles. The van der Waals surface area contributed by atoms with Gasteiger partial charge >= 0.3 is 0 Å². The molecule has 0 saturated heterocycles. The standard InChI is InChI=1S/C18H24N4OS/c1-3-13-11-20-17(24-13)12-21-18(19-4-2)22-15-9-10-23-16-8-6-5-7-14(15)16/h5-8,11,15H,3-4,9-10,12H2,1-2H3,(H2,19,21,22). The highest BCUT2D eigenvalue weighted by Gasteiger charge is 2.21. The molecule has 0 aliphatic carbocycles. The number of nitrogens with zero attached hydrogens (tertiary/aromatic N) is 2. The van der Waals surface area contributed by atoms with Crippen molar-refractivity contribution in [3.63, 3.8) is 0 Å². The van der Waals surface area contributed by atoms with Crippen molar-refractivity contribution in [2.24, 2.45) is 4.99 Å². The summed E-state index contributed by atoms with van der Waals surface area (Å²) in [5.74, 6) is 1.79. The first-order valence-corrected chi connectivity index (χ1v) is 9.32. The Kier molecular flexibility index (Phi) is 5.69. The maximum Gasteiger partial charge on any atom is 0.192 e. The third kappa shape index (κ3) is 4.06. The molecule has 2 aromatic rings. The summed E-state index contributed by atoms with van der Waals surface area (Å²) in [6, 6.07) is 8.41. The molecule has 1 atom stereocenters. The number of ether oxygens (including phenoxy) is 1. The number of hydrogen-bond donors (Lipinski definition) is 2. The van der Waals surface area contributed by atoms with Crippen LogP contribution in [0, 0.1) is 0 Å². The Morgan fingerprint density at radius 1 is 1.38 bits per heavy atom. The van der Waals surface area contributed by atoms with Crippen molar-refractivity contribution in [1.82, 2.24) is 15.6 Å². The number of nitrogens with one attached hydrogen (secondary N) is 2. The van der Waals surface area contributed by atoms with Gasteiger partial charge in [-0.25, -0.2) is 9.98 Å². The molecule has 3 rings (SSSR count). The summed E-state index contributed by atoms with van der Waals surface area (Å²) in [5, 5.41) is 7.92. The number of para-hydroxylation sites is 1. The van der Waals surface area contributed by atoms with Crippen LogP contribution in [0.1, 0.15) is 41.8 Å². The van der Waals surface area contributed by atoms with Gasteiger partial charge in [0.2, 0.25) is 0 Å². The smallest absolute Gasteiger partial charge is 0.192 e. The third-order valence-corrected chi connectivity index (χ3v) is 5.06. The first kappa shape index (κ1) is 16.8. The number of fused-ring (bicyclic) bond motifs is 1. The molecule has 0 amide bonds. The lowest BCUT2D eigenvalue weighted by atomic mass is 10.0. The average Bonchev–Trinajstić information content (AvgIpc) is 3.08. The average molecular weight is 344 g/mol. The molecule has 0 radical (unpaired) electrons. The van der Waals surface area contributed by atoms with Crippen LogP contribution in [-0.4, -0.2) is 24.1 Å². The van der Waals surface area contributed by atoms with Gasteiger partial charge in [0.05, 0.1) is 19.2 Å². The topological polar surface area (TPSA) is 58.5 Å². The van der Waals surface area contributed by atoms with Gasteiger partial charge in [-0.2, -0.15) is 0 Å². The predicted octanol–water partition coefficient (Wildman–Crippen LogP) is 3.28. The van der Waals surface area contributed by atoms with E-state index in [0.717, 1.165) is 42.7 Å². The van der Waals surface area contributed by atoms with Crippen LogP contribution in [0.2, 0.25) is 0 Å². The number of guanidine groups is 1. The zero-order valence-corrected chi connectivity index (χ0v) is 15.0. The molecule has 1 aromatic heterocycles. The van der Waals surface area contributed by atoms with Crippen molar-refractivity contribution in [3.8, 4) is 5.75 Å². The monoisotopic (exact) mass is 344 g/mol. The molecular weight excluding hydrogens is 320 g/mol. The molecule has 128 valence electrons. The Labute approximate surface area is 147 Å². The van der Waals surface area contributed by atoms with Gasteiger partial charge in [0.25, 0.3) is 0 Å². The largest absolute Gasteiger partial charge is 0.493 e. The highest BCUT2D eigenvalue weighted by Crippen LogP contribution is 2.31. The summed E-state index contributed by atoms with van der Waals surface area (Å²) in [4.78, 5) is 10.4. The Balaban J connectivity index is 1.71. The maximum absolute atomic E-state index is 5.73. The fourth-order valence-corrected chi connectivity index (χ4v) is 3.50. The lowest BCUT2D eigenvalue weighted by Gasteiger charge is -2.28. The van der Waals surface area contributed by atoms with E-state index in [-0.39, 0.29) is 6.04 Å². The highest BCUT2D eigenvalue weighted by molar-refractivity contribution is 7.11. The summed E-state index contributed by atoms with van der Waals surface area (Å²) in [6.45, 7) is 6.38. The molecule has 6 heteroatoms. The van der Waals surface area contributed by atoms with E-state index in [1.54, 1.807) is 11.3 Å². The van der Waals surface area contributed by atoms with Crippen LogP contribution in [0.5, 0.6) is 5.75 Å². The van der Waals surface area contributed by atoms with Gasteiger partial charge in [0, 0.05) is 29.6 Å². The van der Waals surface area contributed by atoms with E-state index in [9.17, 15) is 0 Å². The van der Waals surface area contributed by atoms with E-state index < -0.39 is 0 Å². The van der Waals surface area contributed by atoms with Crippen LogP contribution in [0.3, 0.4) is 0 Å². The van der Waals surface area contributed by atoms with E-state index in [2.05, 4.69) is 35.5 Å².